The number of fused-ring (bicyclic) bond motifs is 2. The molecule has 0 radical (unpaired) electrons. The highest BCUT2D eigenvalue weighted by Gasteiger charge is 2.33. The largest absolute Gasteiger partial charge is 0.505 e. The number of halogens is 5. The molecule has 0 bridgehead atoms. The Kier molecular flexibility index (Phi) is 6.01. The molecule has 12 heteroatoms. The third-order valence-corrected chi connectivity index (χ3v) is 6.20. The van der Waals surface area contributed by atoms with Crippen molar-refractivity contribution in [1.29, 1.82) is 0 Å². The number of carbonyl (C=O) groups excluding carboxylic acids is 1. The second-order valence-corrected chi connectivity index (χ2v) is 8.36. The van der Waals surface area contributed by atoms with Crippen molar-refractivity contribution in [2.24, 2.45) is 0 Å². The fourth-order valence-corrected chi connectivity index (χ4v) is 4.34. The number of aromatic hydroxyl groups is 1. The van der Waals surface area contributed by atoms with E-state index in [-0.39, 0.29) is 11.8 Å². The Balaban J connectivity index is 2.28. The molecular formula is C23H11F5O6S. The lowest BCUT2D eigenvalue weighted by atomic mass is 9.89. The van der Waals surface area contributed by atoms with Crippen LogP contribution in [0.4, 0.5) is 22.0 Å². The molecule has 0 unspecified atom stereocenters. The van der Waals surface area contributed by atoms with Crippen LogP contribution in [0.3, 0.4) is 0 Å². The number of hydrogen-bond donors (Lipinski definition) is 2. The quantitative estimate of drug-likeness (QED) is 0.162. The summed E-state index contributed by atoms with van der Waals surface area (Å²) in [5, 5.41) is 18.9. The van der Waals surface area contributed by atoms with Gasteiger partial charge in [0.25, 0.3) is 0 Å². The number of carboxylic acid groups (broad SMARTS) is 1. The standard InChI is InChI=1S/C23H11F5O6S/c1-7(29)6-35-22-20(27)17(18(23(32)33)19(26)21(22)28)16-8-2-10(24)12(30)4-14(8)34-15-5-13(31)11(25)3-9(15)16/h2-5,30H,6H2,1H3,(H,32,33). The fraction of sp³-hybridized carbons (Fsp3) is 0.0870. The van der Waals surface area contributed by atoms with Gasteiger partial charge in [0.15, 0.2) is 29.0 Å². The molecule has 1 heterocycles. The molecule has 6 nitrogen and oxygen atoms in total. The Morgan fingerprint density at radius 1 is 0.943 bits per heavy atom. The number of carboxylic acids is 1. The number of hydrogen-bond acceptors (Lipinski definition) is 6. The van der Waals surface area contributed by atoms with Crippen molar-refractivity contribution < 1.29 is 46.2 Å². The van der Waals surface area contributed by atoms with E-state index in [4.69, 9.17) is 4.42 Å². The first kappa shape index (κ1) is 24.2. The lowest BCUT2D eigenvalue weighted by molar-refractivity contribution is -0.114. The third kappa shape index (κ3) is 3.99. The van der Waals surface area contributed by atoms with Crippen molar-refractivity contribution >= 4 is 34.5 Å². The van der Waals surface area contributed by atoms with Crippen molar-refractivity contribution in [1.82, 2.24) is 0 Å². The molecule has 1 aliphatic heterocycles. The maximum atomic E-state index is 15.8. The van der Waals surface area contributed by atoms with E-state index >= 15 is 4.39 Å². The molecule has 0 aromatic heterocycles. The van der Waals surface area contributed by atoms with Crippen LogP contribution >= 0.6 is 11.8 Å². The first-order valence-corrected chi connectivity index (χ1v) is 10.6. The van der Waals surface area contributed by atoms with Crippen molar-refractivity contribution in [3.63, 3.8) is 0 Å². The zero-order valence-corrected chi connectivity index (χ0v) is 18.2. The second kappa shape index (κ2) is 8.69. The summed E-state index contributed by atoms with van der Waals surface area (Å²) in [4.78, 5) is 34.0. The van der Waals surface area contributed by atoms with E-state index in [1.807, 2.05) is 0 Å². The van der Waals surface area contributed by atoms with Crippen molar-refractivity contribution in [3.8, 4) is 28.2 Å². The Labute approximate surface area is 195 Å². The van der Waals surface area contributed by atoms with Crippen LogP contribution in [0.25, 0.3) is 33.4 Å². The number of ketones is 1. The predicted molar refractivity (Wildman–Crippen MR) is 114 cm³/mol. The van der Waals surface area contributed by atoms with Crippen LogP contribution in [-0.2, 0) is 4.79 Å². The molecular weight excluding hydrogens is 499 g/mol. The molecule has 2 N–H and O–H groups in total. The third-order valence-electron chi connectivity index (χ3n) is 5.01. The van der Waals surface area contributed by atoms with Gasteiger partial charge in [-0.2, -0.15) is 0 Å². The number of Topliss-reactive ketones (excluding diaryl/α,β-unsaturated/α-hetero) is 1. The molecule has 2 aliphatic rings. The minimum Gasteiger partial charge on any atom is -0.505 e. The number of phenolic OH excluding ortho intramolecular Hbond substituents is 1. The molecule has 0 spiro atoms. The number of phenols is 1. The molecule has 0 fully saturated rings. The summed E-state index contributed by atoms with van der Waals surface area (Å²) in [6.07, 6.45) is 0. The Morgan fingerprint density at radius 2 is 1.63 bits per heavy atom. The van der Waals surface area contributed by atoms with Gasteiger partial charge in [-0.15, -0.1) is 11.8 Å². The molecule has 0 atom stereocenters. The summed E-state index contributed by atoms with van der Waals surface area (Å²) in [5.41, 5.74) is -5.28. The topological polar surface area (TPSA) is 105 Å². The van der Waals surface area contributed by atoms with E-state index in [0.29, 0.717) is 18.2 Å². The fourth-order valence-electron chi connectivity index (χ4n) is 3.54. The number of carbonyl (C=O) groups is 2. The van der Waals surface area contributed by atoms with Gasteiger partial charge >= 0.3 is 5.97 Å². The Bertz CT molecular complexity index is 1600. The van der Waals surface area contributed by atoms with Gasteiger partial charge in [-0.1, -0.05) is 0 Å². The average Bonchev–Trinajstić information content (AvgIpc) is 2.77. The van der Waals surface area contributed by atoms with Gasteiger partial charge < -0.3 is 14.6 Å². The van der Waals surface area contributed by atoms with Crippen molar-refractivity contribution in [2.75, 3.05) is 5.75 Å². The Hall–Kier alpha value is -3.93. The summed E-state index contributed by atoms with van der Waals surface area (Å²) in [5.74, 6) is -12.7. The number of benzene rings is 3. The van der Waals surface area contributed by atoms with Gasteiger partial charge in [-0.25, -0.2) is 26.7 Å². The van der Waals surface area contributed by atoms with E-state index < -0.39 is 102 Å². The van der Waals surface area contributed by atoms with Crippen LogP contribution in [0.2, 0.25) is 0 Å². The summed E-state index contributed by atoms with van der Waals surface area (Å²) < 4.78 is 79.3. The molecule has 4 rings (SSSR count). The van der Waals surface area contributed by atoms with Gasteiger partial charge in [-0.3, -0.25) is 9.59 Å². The maximum Gasteiger partial charge on any atom is 0.339 e. The highest BCUT2D eigenvalue weighted by molar-refractivity contribution is 8.00. The van der Waals surface area contributed by atoms with Gasteiger partial charge in [0.1, 0.15) is 28.5 Å². The average molecular weight is 510 g/mol. The minimum absolute atomic E-state index is 0.253. The number of aromatic carboxylic acids is 1. The molecule has 0 saturated heterocycles. The van der Waals surface area contributed by atoms with E-state index in [0.717, 1.165) is 13.0 Å². The normalized spacial score (nSPS) is 11.4. The summed E-state index contributed by atoms with van der Waals surface area (Å²) in [6, 6.07) is 2.51. The van der Waals surface area contributed by atoms with Crippen molar-refractivity contribution in [2.45, 2.75) is 11.8 Å². The summed E-state index contributed by atoms with van der Waals surface area (Å²) >= 11 is 0.253. The summed E-state index contributed by atoms with van der Waals surface area (Å²) in [6.45, 7) is 1.10. The molecule has 2 aromatic carbocycles. The van der Waals surface area contributed by atoms with Gasteiger partial charge in [0.2, 0.25) is 5.43 Å². The maximum absolute atomic E-state index is 15.8. The molecule has 0 saturated carbocycles. The number of rotatable bonds is 5. The highest BCUT2D eigenvalue weighted by atomic mass is 32.2. The van der Waals surface area contributed by atoms with E-state index in [2.05, 4.69) is 0 Å². The molecule has 35 heavy (non-hydrogen) atoms. The monoisotopic (exact) mass is 510 g/mol. The lowest BCUT2D eigenvalue weighted by Gasteiger charge is -2.19. The van der Waals surface area contributed by atoms with Gasteiger partial charge in [0.05, 0.1) is 10.6 Å². The predicted octanol–water partition coefficient (Wildman–Crippen LogP) is 5.35. The molecule has 1 aliphatic carbocycles. The van der Waals surface area contributed by atoms with Gasteiger partial charge in [0, 0.05) is 34.2 Å². The SMILES string of the molecule is CC(=O)CSc1c(F)c(F)c(C(=O)O)c(-c2c3cc(F)c(=O)cc-3oc3cc(O)c(F)cc23)c1F. The van der Waals surface area contributed by atoms with E-state index in [1.165, 1.54) is 0 Å². The first-order chi connectivity index (χ1) is 16.4. The van der Waals surface area contributed by atoms with Crippen LogP contribution in [0, 0.1) is 29.1 Å². The second-order valence-electron chi connectivity index (χ2n) is 7.37. The zero-order valence-electron chi connectivity index (χ0n) is 17.3. The highest BCUT2D eigenvalue weighted by Crippen LogP contribution is 2.46. The number of thioether (sulfide) groups is 1. The lowest BCUT2D eigenvalue weighted by Crippen LogP contribution is -2.12. The van der Waals surface area contributed by atoms with Crippen molar-refractivity contribution in [3.05, 3.63) is 69.1 Å². The van der Waals surface area contributed by atoms with Crippen LogP contribution in [0.1, 0.15) is 17.3 Å². The van der Waals surface area contributed by atoms with Crippen LogP contribution < -0.4 is 5.43 Å². The first-order valence-electron chi connectivity index (χ1n) is 9.57. The summed E-state index contributed by atoms with van der Waals surface area (Å²) in [7, 11) is 0. The van der Waals surface area contributed by atoms with E-state index in [1.54, 1.807) is 0 Å². The van der Waals surface area contributed by atoms with Gasteiger partial charge in [-0.05, 0) is 19.1 Å². The molecule has 0 amide bonds. The Morgan fingerprint density at radius 3 is 2.26 bits per heavy atom. The molecule has 2 aromatic rings. The minimum atomic E-state index is -2.11. The smallest absolute Gasteiger partial charge is 0.339 e. The van der Waals surface area contributed by atoms with Crippen LogP contribution in [-0.4, -0.2) is 27.7 Å². The van der Waals surface area contributed by atoms with Crippen LogP contribution in [0.15, 0.2) is 38.4 Å². The zero-order chi connectivity index (χ0) is 25.8. The van der Waals surface area contributed by atoms with Crippen LogP contribution in [0.5, 0.6) is 5.75 Å². The van der Waals surface area contributed by atoms with E-state index in [9.17, 15) is 42.2 Å². The molecule has 180 valence electrons.